The smallest absolute Gasteiger partial charge is 0.250 e. The number of nitrogens with zero attached hydrogens (tertiary/aromatic N) is 16. The molecule has 0 radical (unpaired) electrons. The van der Waals surface area contributed by atoms with Gasteiger partial charge in [0.2, 0.25) is 40.1 Å². The van der Waals surface area contributed by atoms with Crippen LogP contribution in [0, 0.1) is 61.3 Å². The second-order valence-electron chi connectivity index (χ2n) is 33.1. The van der Waals surface area contributed by atoms with Gasteiger partial charge in [-0.2, -0.15) is 17.2 Å². The van der Waals surface area contributed by atoms with Crippen LogP contribution in [0.4, 0.5) is 4.39 Å². The number of amides is 4. The van der Waals surface area contributed by atoms with Gasteiger partial charge in [0.25, 0.3) is 23.6 Å². The van der Waals surface area contributed by atoms with Gasteiger partial charge in [0, 0.05) is 99.4 Å². The number of nitrogens with two attached hydrogens (primary N) is 4. The van der Waals surface area contributed by atoms with Crippen LogP contribution in [0.25, 0.3) is 92.6 Å². The van der Waals surface area contributed by atoms with Crippen LogP contribution < -0.4 is 22.9 Å². The van der Waals surface area contributed by atoms with E-state index >= 15 is 0 Å². The van der Waals surface area contributed by atoms with E-state index in [2.05, 4.69) is 58.5 Å². The Bertz CT molecular complexity index is 6820. The molecule has 130 heavy (non-hydrogen) atoms. The molecule has 0 spiro atoms. The number of carbonyl (C=O) groups is 4. The van der Waals surface area contributed by atoms with E-state index in [0.29, 0.717) is 90.7 Å². The van der Waals surface area contributed by atoms with Crippen molar-refractivity contribution < 1.29 is 57.2 Å². The summed E-state index contributed by atoms with van der Waals surface area (Å²) < 4.78 is 127. The summed E-state index contributed by atoms with van der Waals surface area (Å²) in [6.45, 7) is 22.2. The molecule has 676 valence electrons. The summed E-state index contributed by atoms with van der Waals surface area (Å²) in [5, 5.41) is 17.7. The van der Waals surface area contributed by atoms with Crippen LogP contribution in [-0.4, -0.2) is 192 Å². The molecule has 0 aliphatic carbocycles. The molecule has 4 amide bonds. The third-order valence-electron chi connectivity index (χ3n) is 21.7. The SMILES string of the molecule is Cc1cc(C)cc(-c2ncn(/C=C(/C(N)=O)c3ccc(S(=O)(=O)N4CC(C)(F)C4)cc3)n2)c1.Cc1cc(C)cc(-c2ncn(/C=C(/C(N)=O)c3ccc(S(=O)(=O)N4CC(C)C4)cc3)n2)c1.Cc1cc(C)cc(-c2ncn(/C=C(/C(N)=O)c3ccc(S(=O)(=O)N4CCCC4)cc3)n2)c1.Cc1cc(C)cc(-c2ncn(/C=C(/C(N)=O)c3ccc(S(=O)(=O)N4CCCCC4)cc3)n2)c1. The fraction of sp³-hybridized carbons (Fsp3) is 0.269. The first kappa shape index (κ1) is 94.3. The van der Waals surface area contributed by atoms with Crippen molar-refractivity contribution in [1.82, 2.24) is 76.3 Å². The van der Waals surface area contributed by atoms with Crippen LogP contribution in [0.2, 0.25) is 0 Å². The molecule has 12 aromatic rings. The lowest BCUT2D eigenvalue weighted by atomic mass is 10.0. The van der Waals surface area contributed by atoms with E-state index < -0.39 is 69.4 Å². The zero-order valence-electron chi connectivity index (χ0n) is 73.4. The average Bonchev–Trinajstić information content (AvgIpc) is 0.765. The predicted octanol–water partition coefficient (Wildman–Crippen LogP) is 11.5. The molecule has 32 nitrogen and oxygen atoms in total. The van der Waals surface area contributed by atoms with E-state index in [1.165, 1.54) is 149 Å². The quantitative estimate of drug-likeness (QED) is 0.0408. The Morgan fingerprint density at radius 1 is 0.331 bits per heavy atom. The van der Waals surface area contributed by atoms with Gasteiger partial charge in [0.15, 0.2) is 23.3 Å². The van der Waals surface area contributed by atoms with Gasteiger partial charge in [0.05, 0.1) is 41.9 Å². The van der Waals surface area contributed by atoms with Crippen LogP contribution in [-0.2, 0) is 59.3 Å². The first-order valence-corrected chi connectivity index (χ1v) is 47.5. The first-order chi connectivity index (χ1) is 61.5. The Kier molecular flexibility index (Phi) is 28.6. The van der Waals surface area contributed by atoms with E-state index in [1.807, 2.05) is 117 Å². The molecule has 37 heteroatoms. The number of carbonyl (C=O) groups excluding carboxylic acids is 4. The third-order valence-corrected chi connectivity index (χ3v) is 29.2. The van der Waals surface area contributed by atoms with Crippen molar-refractivity contribution in [2.45, 2.75) is 127 Å². The second kappa shape index (κ2) is 39.4. The number of aryl methyl sites for hydroxylation is 8. The summed E-state index contributed by atoms with van der Waals surface area (Å²) >= 11 is 0. The number of sulfonamides is 4. The summed E-state index contributed by atoms with van der Waals surface area (Å²) in [4.78, 5) is 66.5. The van der Waals surface area contributed by atoms with Crippen molar-refractivity contribution in [2.75, 3.05) is 52.4 Å². The number of rotatable bonds is 24. The van der Waals surface area contributed by atoms with Crippen molar-refractivity contribution in [3.05, 3.63) is 262 Å². The Balaban J connectivity index is 0.000000148. The van der Waals surface area contributed by atoms with E-state index in [-0.39, 0.29) is 55.0 Å². The minimum absolute atomic E-state index is 0.0171. The van der Waals surface area contributed by atoms with E-state index in [9.17, 15) is 57.2 Å². The minimum atomic E-state index is -3.80. The van der Waals surface area contributed by atoms with E-state index in [4.69, 9.17) is 22.9 Å². The molecule has 8 aromatic carbocycles. The Hall–Kier alpha value is -13.3. The van der Waals surface area contributed by atoms with Crippen LogP contribution >= 0.6 is 0 Å². The molecular weight excluding hydrogens is 1740 g/mol. The van der Waals surface area contributed by atoms with E-state index in [1.54, 1.807) is 36.4 Å². The molecule has 4 aliphatic heterocycles. The van der Waals surface area contributed by atoms with Crippen LogP contribution in [0.5, 0.6) is 0 Å². The van der Waals surface area contributed by atoms with Gasteiger partial charge in [-0.25, -0.2) is 76.7 Å². The van der Waals surface area contributed by atoms with Gasteiger partial charge in [-0.05, 0) is 213 Å². The highest BCUT2D eigenvalue weighted by atomic mass is 32.2. The summed E-state index contributed by atoms with van der Waals surface area (Å²) in [6.07, 6.45) is 16.4. The van der Waals surface area contributed by atoms with Crippen molar-refractivity contribution in [2.24, 2.45) is 28.9 Å². The molecule has 4 aromatic heterocycles. The van der Waals surface area contributed by atoms with Crippen molar-refractivity contribution in [3.63, 3.8) is 0 Å². The van der Waals surface area contributed by atoms with Gasteiger partial charge in [-0.1, -0.05) is 131 Å². The number of hydrogen-bond donors (Lipinski definition) is 4. The van der Waals surface area contributed by atoms with Crippen molar-refractivity contribution >= 4 is 111 Å². The lowest BCUT2D eigenvalue weighted by molar-refractivity contribution is -0.113. The molecule has 0 saturated carbocycles. The van der Waals surface area contributed by atoms with Gasteiger partial charge < -0.3 is 22.9 Å². The Morgan fingerprint density at radius 2 is 0.538 bits per heavy atom. The van der Waals surface area contributed by atoms with Crippen molar-refractivity contribution in [3.8, 4) is 45.6 Å². The number of piperidine rings is 1. The van der Waals surface area contributed by atoms with Crippen molar-refractivity contribution in [1.29, 1.82) is 0 Å². The highest BCUT2D eigenvalue weighted by Gasteiger charge is 2.46. The minimum Gasteiger partial charge on any atom is -0.366 e. The maximum absolute atomic E-state index is 13.7. The lowest BCUT2D eigenvalue weighted by Crippen LogP contribution is -2.58. The molecule has 0 unspecified atom stereocenters. The van der Waals surface area contributed by atoms with Crippen LogP contribution in [0.1, 0.15) is 113 Å². The largest absolute Gasteiger partial charge is 0.366 e. The number of hydrogen-bond acceptors (Lipinski definition) is 20. The number of aromatic nitrogens is 12. The highest BCUT2D eigenvalue weighted by molar-refractivity contribution is 7.90. The number of primary amides is 4. The topological polar surface area (TPSA) is 445 Å². The summed E-state index contributed by atoms with van der Waals surface area (Å²) in [7, 11) is -14.4. The lowest BCUT2D eigenvalue weighted by Gasteiger charge is -2.40. The molecule has 4 saturated heterocycles. The summed E-state index contributed by atoms with van der Waals surface area (Å²) in [6, 6.07) is 48.4. The highest BCUT2D eigenvalue weighted by Crippen LogP contribution is 2.34. The summed E-state index contributed by atoms with van der Waals surface area (Å²) in [5.41, 5.74) is 35.8. The third kappa shape index (κ3) is 22.7. The fourth-order valence-electron chi connectivity index (χ4n) is 15.5. The van der Waals surface area contributed by atoms with Gasteiger partial charge in [-0.15, -0.1) is 20.4 Å². The molecule has 8 N–H and O–H groups in total. The average molecular weight is 1840 g/mol. The molecule has 8 heterocycles. The molecular formula is C93H101FN20O12S4. The number of benzene rings is 8. The predicted molar refractivity (Wildman–Crippen MR) is 496 cm³/mol. The Labute approximate surface area is 754 Å². The number of alkyl halides is 1. The zero-order valence-corrected chi connectivity index (χ0v) is 76.7. The Morgan fingerprint density at radius 3 is 0.746 bits per heavy atom. The standard InChI is InChI=1S/C24H27N5O3S.C23H24FN5O3S.2C23H25N5O3S/c1-17-12-18(2)14-20(13-17)24-26-16-28(27-24)15-22(23(25)30)19-6-8-21(9-7-19)33(31,32)29-10-4-3-5-11-29;1-15-8-16(2)10-18(9-15)22-26-14-28(27-22)11-20(21(25)30)17-4-6-19(7-5-17)33(31,32)29-12-23(3,24)13-29;1-15-8-16(2)10-19(9-15)23-25-14-27(26-23)13-21(22(24)29)18-4-6-20(7-5-18)32(30,31)28-11-17(3)12-28;1-16-11-17(2)13-19(12-16)23-25-15-27(26-23)14-21(22(24)29)18-5-7-20(8-6-18)32(30,31)28-9-3-4-10-28/h6-9,12-16H,3-5,10-11H2,1-2H3,(H2,25,30);4-11,14H,12-13H2,1-3H3,(H2,25,30);4-10,13-14,17H,11-12H2,1-3H3,(H2,24,29);5-8,11-15H,3-4,9-10H2,1-2H3,(H2,24,29)/b22-15+;20-11+;21-13+;21-14+. The van der Waals surface area contributed by atoms with Gasteiger partial charge >= 0.3 is 0 Å². The molecule has 0 atom stereocenters. The van der Waals surface area contributed by atoms with Gasteiger partial charge in [-0.3, -0.25) is 19.2 Å². The molecule has 4 aliphatic rings. The van der Waals surface area contributed by atoms with Crippen LogP contribution in [0.3, 0.4) is 0 Å². The number of halogens is 1. The van der Waals surface area contributed by atoms with Gasteiger partial charge in [0.1, 0.15) is 31.0 Å². The molecule has 0 bridgehead atoms. The fourth-order valence-corrected chi connectivity index (χ4v) is 21.9. The van der Waals surface area contributed by atoms with E-state index in [0.717, 1.165) is 103 Å². The maximum Gasteiger partial charge on any atom is 0.250 e. The second-order valence-corrected chi connectivity index (χ2v) is 40.9. The molecule has 4 fully saturated rings. The van der Waals surface area contributed by atoms with Crippen LogP contribution in [0.15, 0.2) is 215 Å². The zero-order chi connectivity index (χ0) is 93.5. The normalized spacial score (nSPS) is 15.7. The summed E-state index contributed by atoms with van der Waals surface area (Å²) in [5.74, 6) is -0.197. The molecule has 16 rings (SSSR count). The maximum atomic E-state index is 13.7. The monoisotopic (exact) mass is 1840 g/mol. The first-order valence-electron chi connectivity index (χ1n) is 41.7.